The molecule has 1 aromatic heterocycles. The molecule has 1 aliphatic rings. The van der Waals surface area contributed by atoms with Gasteiger partial charge in [0.05, 0.1) is 18.7 Å². The summed E-state index contributed by atoms with van der Waals surface area (Å²) in [7, 11) is 2.98. The summed E-state index contributed by atoms with van der Waals surface area (Å²) >= 11 is 0. The maximum atomic E-state index is 13.3. The lowest BCUT2D eigenvalue weighted by atomic mass is 9.65. The average Bonchev–Trinajstić information content (AvgIpc) is 3.68. The SMILES string of the molecule is COC(=O)c1ncc(NC(=O)[C@H]2C[N@]2[C@H](C)C(c2ccccc2)(c2ccccc2)c2ccccc2)n1C. The van der Waals surface area contributed by atoms with Crippen LogP contribution in [0.5, 0.6) is 0 Å². The summed E-state index contributed by atoms with van der Waals surface area (Å²) < 4.78 is 6.29. The number of imidazole rings is 1. The molecular weight excluding hydrogens is 464 g/mol. The van der Waals surface area contributed by atoms with E-state index in [4.69, 9.17) is 4.74 Å². The highest BCUT2D eigenvalue weighted by atomic mass is 16.5. The van der Waals surface area contributed by atoms with Gasteiger partial charge in [0, 0.05) is 19.6 Å². The minimum absolute atomic E-state index is 0.0346. The third-order valence-corrected chi connectivity index (χ3v) is 7.37. The second-order valence-electron chi connectivity index (χ2n) is 9.30. The molecule has 188 valence electrons. The van der Waals surface area contributed by atoms with Crippen LogP contribution in [0.3, 0.4) is 0 Å². The molecule has 5 rings (SSSR count). The molecule has 0 radical (unpaired) electrons. The molecule has 0 unspecified atom stereocenters. The van der Waals surface area contributed by atoms with Gasteiger partial charge in [-0.1, -0.05) is 91.0 Å². The number of hydrogen-bond acceptors (Lipinski definition) is 5. The van der Waals surface area contributed by atoms with Gasteiger partial charge in [-0.05, 0) is 23.6 Å². The third kappa shape index (κ3) is 4.32. The predicted octanol–water partition coefficient (Wildman–Crippen LogP) is 4.25. The van der Waals surface area contributed by atoms with Gasteiger partial charge in [0.25, 0.3) is 0 Å². The molecule has 1 fully saturated rings. The van der Waals surface area contributed by atoms with Crippen molar-refractivity contribution in [3.8, 4) is 0 Å². The fraction of sp³-hybridized carbons (Fsp3) is 0.233. The number of hydrogen-bond donors (Lipinski definition) is 1. The molecule has 7 heteroatoms. The Hall–Kier alpha value is -4.23. The van der Waals surface area contributed by atoms with Crippen LogP contribution in [-0.4, -0.2) is 52.1 Å². The van der Waals surface area contributed by atoms with Crippen molar-refractivity contribution in [2.24, 2.45) is 7.05 Å². The summed E-state index contributed by atoms with van der Waals surface area (Å²) in [6.45, 7) is 2.82. The number of nitrogens with one attached hydrogen (secondary N) is 1. The van der Waals surface area contributed by atoms with E-state index < -0.39 is 11.4 Å². The van der Waals surface area contributed by atoms with Crippen LogP contribution in [-0.2, 0) is 22.0 Å². The first-order chi connectivity index (χ1) is 18.0. The van der Waals surface area contributed by atoms with Crippen molar-refractivity contribution < 1.29 is 14.3 Å². The Labute approximate surface area is 216 Å². The number of carbonyl (C=O) groups excluding carboxylic acids is 2. The highest BCUT2D eigenvalue weighted by Gasteiger charge is 2.53. The van der Waals surface area contributed by atoms with Gasteiger partial charge in [-0.25, -0.2) is 9.78 Å². The topological polar surface area (TPSA) is 76.2 Å². The van der Waals surface area contributed by atoms with E-state index in [9.17, 15) is 9.59 Å². The molecule has 7 nitrogen and oxygen atoms in total. The monoisotopic (exact) mass is 494 g/mol. The third-order valence-electron chi connectivity index (χ3n) is 7.37. The first kappa shape index (κ1) is 24.5. The van der Waals surface area contributed by atoms with Crippen LogP contribution in [0, 0.1) is 0 Å². The molecule has 0 saturated carbocycles. The molecule has 3 aromatic carbocycles. The summed E-state index contributed by atoms with van der Waals surface area (Å²) in [5.74, 6) is -0.0993. The van der Waals surface area contributed by atoms with E-state index in [-0.39, 0.29) is 23.8 Å². The van der Waals surface area contributed by atoms with Gasteiger partial charge >= 0.3 is 5.97 Å². The molecule has 0 spiro atoms. The molecular formula is C30H30N4O3. The Morgan fingerprint density at radius 3 is 1.86 bits per heavy atom. The lowest BCUT2D eigenvalue weighted by Crippen LogP contribution is -2.46. The Morgan fingerprint density at radius 2 is 1.41 bits per heavy atom. The van der Waals surface area contributed by atoms with Crippen LogP contribution in [0.2, 0.25) is 0 Å². The Kier molecular flexibility index (Phi) is 6.63. The van der Waals surface area contributed by atoms with Crippen molar-refractivity contribution >= 4 is 17.7 Å². The van der Waals surface area contributed by atoms with Crippen LogP contribution in [0.4, 0.5) is 5.82 Å². The second kappa shape index (κ2) is 10.0. The Bertz CT molecular complexity index is 1290. The fourth-order valence-corrected chi connectivity index (χ4v) is 5.41. The van der Waals surface area contributed by atoms with Crippen LogP contribution in [0.15, 0.2) is 97.2 Å². The molecule has 37 heavy (non-hydrogen) atoms. The second-order valence-corrected chi connectivity index (χ2v) is 9.30. The number of amides is 1. The number of aromatic nitrogens is 2. The molecule has 1 saturated heterocycles. The van der Waals surface area contributed by atoms with Crippen molar-refractivity contribution in [2.45, 2.75) is 24.4 Å². The van der Waals surface area contributed by atoms with Crippen molar-refractivity contribution in [3.63, 3.8) is 0 Å². The summed E-state index contributed by atoms with van der Waals surface area (Å²) in [6, 6.07) is 31.1. The average molecular weight is 495 g/mol. The number of carbonyl (C=O) groups is 2. The minimum atomic E-state index is -0.553. The predicted molar refractivity (Wildman–Crippen MR) is 142 cm³/mol. The van der Waals surface area contributed by atoms with Crippen LogP contribution in [0.1, 0.15) is 34.2 Å². The molecule has 1 amide bonds. The highest BCUT2D eigenvalue weighted by Crippen LogP contribution is 2.46. The number of ether oxygens (including phenoxy) is 1. The summed E-state index contributed by atoms with van der Waals surface area (Å²) in [4.78, 5) is 31.5. The zero-order valence-electron chi connectivity index (χ0n) is 21.2. The molecule has 3 atom stereocenters. The smallest absolute Gasteiger partial charge is 0.374 e. The van der Waals surface area contributed by atoms with Gasteiger partial charge < -0.3 is 14.6 Å². The number of anilines is 1. The van der Waals surface area contributed by atoms with Gasteiger partial charge in [-0.2, -0.15) is 0 Å². The Balaban J connectivity index is 1.50. The number of methoxy groups -OCH3 is 1. The largest absolute Gasteiger partial charge is 0.463 e. The van der Waals surface area contributed by atoms with E-state index in [1.165, 1.54) is 34.6 Å². The molecule has 4 aromatic rings. The van der Waals surface area contributed by atoms with E-state index in [1.807, 2.05) is 18.2 Å². The maximum absolute atomic E-state index is 13.3. The van der Waals surface area contributed by atoms with Crippen molar-refractivity contribution in [3.05, 3.63) is 120 Å². The minimum Gasteiger partial charge on any atom is -0.463 e. The molecule has 1 aliphatic heterocycles. The quantitative estimate of drug-likeness (QED) is 0.225. The van der Waals surface area contributed by atoms with Crippen molar-refractivity contribution in [1.29, 1.82) is 0 Å². The maximum Gasteiger partial charge on any atom is 0.374 e. The zero-order chi connectivity index (χ0) is 26.0. The van der Waals surface area contributed by atoms with Gasteiger partial charge in [-0.3, -0.25) is 9.69 Å². The van der Waals surface area contributed by atoms with Crippen molar-refractivity contribution in [2.75, 3.05) is 19.0 Å². The van der Waals surface area contributed by atoms with E-state index in [2.05, 4.69) is 94.9 Å². The lowest BCUT2D eigenvalue weighted by molar-refractivity contribution is -0.116. The molecule has 1 N–H and O–H groups in total. The Morgan fingerprint density at radius 1 is 0.919 bits per heavy atom. The lowest BCUT2D eigenvalue weighted by Gasteiger charge is -2.42. The number of benzene rings is 3. The summed E-state index contributed by atoms with van der Waals surface area (Å²) in [5.41, 5.74) is 3.00. The molecule has 2 heterocycles. The van der Waals surface area contributed by atoms with Gasteiger partial charge in [0.2, 0.25) is 11.7 Å². The highest BCUT2D eigenvalue weighted by molar-refractivity contribution is 5.97. The van der Waals surface area contributed by atoms with Gasteiger partial charge in [0.15, 0.2) is 0 Å². The number of esters is 1. The van der Waals surface area contributed by atoms with E-state index in [1.54, 1.807) is 7.05 Å². The van der Waals surface area contributed by atoms with Crippen LogP contribution >= 0.6 is 0 Å². The van der Waals surface area contributed by atoms with Crippen molar-refractivity contribution in [1.82, 2.24) is 14.5 Å². The fourth-order valence-electron chi connectivity index (χ4n) is 5.41. The van der Waals surface area contributed by atoms with Gasteiger partial charge in [-0.15, -0.1) is 0 Å². The number of nitrogens with zero attached hydrogens (tertiary/aromatic N) is 3. The summed E-state index contributed by atoms with van der Waals surface area (Å²) in [5, 5.41) is 2.94. The summed E-state index contributed by atoms with van der Waals surface area (Å²) in [6.07, 6.45) is 1.47. The van der Waals surface area contributed by atoms with Gasteiger partial charge in [0.1, 0.15) is 11.9 Å². The normalized spacial score (nSPS) is 17.6. The van der Waals surface area contributed by atoms with Crippen LogP contribution in [0.25, 0.3) is 0 Å². The first-order valence-electron chi connectivity index (χ1n) is 12.3. The zero-order valence-corrected chi connectivity index (χ0v) is 21.2. The van der Waals surface area contributed by atoms with E-state index >= 15 is 0 Å². The first-order valence-corrected chi connectivity index (χ1v) is 12.3. The molecule has 0 aliphatic carbocycles. The van der Waals surface area contributed by atoms with E-state index in [0.717, 1.165) is 0 Å². The number of rotatable bonds is 8. The van der Waals surface area contributed by atoms with E-state index in [0.29, 0.717) is 12.4 Å². The standard InChI is InChI=1S/C30H30N4O3/c1-21(34-20-25(34)28(35)32-26-19-31-27(33(26)2)29(36)37-3)30(22-13-7-4-8-14-22,23-15-9-5-10-16-23)24-17-11-6-12-18-24/h4-19,21,25H,20H2,1-3H3,(H,32,35)/t21-,25-,34-/m1/s1. The van der Waals surface area contributed by atoms with Crippen LogP contribution < -0.4 is 5.32 Å². The molecule has 0 bridgehead atoms.